The van der Waals surface area contributed by atoms with E-state index >= 15 is 0 Å². The van der Waals surface area contributed by atoms with Gasteiger partial charge in [0.1, 0.15) is 6.10 Å². The van der Waals surface area contributed by atoms with Crippen LogP contribution in [0.4, 0.5) is 0 Å². The first-order valence-electron chi connectivity index (χ1n) is 6.26. The third-order valence-electron chi connectivity index (χ3n) is 4.67. The molecule has 5 atom stereocenters. The molecule has 4 aliphatic rings. The fraction of sp³-hybridized carbons (Fsp3) is 1.00. The normalized spacial score (nSPS) is 57.6. The molecule has 3 aliphatic heterocycles. The predicted molar refractivity (Wildman–Crippen MR) is 53.7 cm³/mol. The lowest BCUT2D eigenvalue weighted by Gasteiger charge is -2.31. The zero-order valence-electron chi connectivity index (χ0n) is 8.98. The van der Waals surface area contributed by atoms with E-state index in [0.717, 1.165) is 13.2 Å². The Hall–Kier alpha value is -0.120. The fourth-order valence-corrected chi connectivity index (χ4v) is 3.65. The van der Waals surface area contributed by atoms with Crippen LogP contribution in [0.3, 0.4) is 0 Å². The number of rotatable bonds is 2. The van der Waals surface area contributed by atoms with Crippen LogP contribution in [0.25, 0.3) is 0 Å². The molecule has 0 radical (unpaired) electrons. The first kappa shape index (κ1) is 8.97. The SMILES string of the molecule is C1CC2CC(C3OC3C3CCO3)(C1)CO2. The topological polar surface area (TPSA) is 31.0 Å². The maximum Gasteiger partial charge on any atom is 0.111 e. The summed E-state index contributed by atoms with van der Waals surface area (Å²) in [6.45, 7) is 1.87. The van der Waals surface area contributed by atoms with Crippen LogP contribution in [-0.4, -0.2) is 37.6 Å². The molecule has 1 aliphatic carbocycles. The zero-order chi connectivity index (χ0) is 9.88. The Kier molecular flexibility index (Phi) is 1.77. The molecule has 5 unspecified atom stereocenters. The number of fused-ring (bicyclic) bond motifs is 2. The molecular weight excluding hydrogens is 192 g/mol. The molecule has 1 saturated carbocycles. The highest BCUT2D eigenvalue weighted by molar-refractivity contribution is 5.09. The van der Waals surface area contributed by atoms with Gasteiger partial charge in [-0.2, -0.15) is 0 Å². The van der Waals surface area contributed by atoms with Crippen LogP contribution in [-0.2, 0) is 14.2 Å². The third kappa shape index (κ3) is 1.23. The second-order valence-electron chi connectivity index (χ2n) is 5.61. The highest BCUT2D eigenvalue weighted by atomic mass is 16.6. The minimum absolute atomic E-state index is 0.368. The lowest BCUT2D eigenvalue weighted by atomic mass is 9.72. The van der Waals surface area contributed by atoms with Crippen LogP contribution in [0.2, 0.25) is 0 Å². The van der Waals surface area contributed by atoms with E-state index in [1.807, 2.05) is 0 Å². The van der Waals surface area contributed by atoms with Crippen LogP contribution >= 0.6 is 0 Å². The summed E-state index contributed by atoms with van der Waals surface area (Å²) in [5.41, 5.74) is 0.368. The van der Waals surface area contributed by atoms with Crippen molar-refractivity contribution in [2.75, 3.05) is 13.2 Å². The van der Waals surface area contributed by atoms with Gasteiger partial charge in [0, 0.05) is 12.0 Å². The van der Waals surface area contributed by atoms with Gasteiger partial charge in [0.25, 0.3) is 0 Å². The van der Waals surface area contributed by atoms with Gasteiger partial charge >= 0.3 is 0 Å². The molecule has 2 bridgehead atoms. The monoisotopic (exact) mass is 210 g/mol. The second kappa shape index (κ2) is 2.96. The van der Waals surface area contributed by atoms with Crippen LogP contribution in [0.5, 0.6) is 0 Å². The molecule has 84 valence electrons. The summed E-state index contributed by atoms with van der Waals surface area (Å²) in [4.78, 5) is 0. The fourth-order valence-electron chi connectivity index (χ4n) is 3.65. The van der Waals surface area contributed by atoms with E-state index < -0.39 is 0 Å². The maximum atomic E-state index is 5.88. The maximum absolute atomic E-state index is 5.88. The van der Waals surface area contributed by atoms with Crippen LogP contribution in [0, 0.1) is 5.41 Å². The van der Waals surface area contributed by atoms with Crippen molar-refractivity contribution in [3.63, 3.8) is 0 Å². The molecule has 4 rings (SSSR count). The van der Waals surface area contributed by atoms with Gasteiger partial charge in [0.05, 0.1) is 24.9 Å². The predicted octanol–water partition coefficient (Wildman–Crippen LogP) is 1.50. The number of hydrogen-bond donors (Lipinski definition) is 0. The molecule has 3 heterocycles. The molecule has 0 N–H and O–H groups in total. The van der Waals surface area contributed by atoms with Gasteiger partial charge in [-0.25, -0.2) is 0 Å². The van der Waals surface area contributed by atoms with Crippen molar-refractivity contribution in [3.05, 3.63) is 0 Å². The van der Waals surface area contributed by atoms with Gasteiger partial charge in [0.2, 0.25) is 0 Å². The Labute approximate surface area is 90.1 Å². The Bertz CT molecular complexity index is 272. The average molecular weight is 210 g/mol. The molecule has 0 spiro atoms. The van der Waals surface area contributed by atoms with E-state index in [4.69, 9.17) is 14.2 Å². The minimum atomic E-state index is 0.368. The minimum Gasteiger partial charge on any atom is -0.378 e. The van der Waals surface area contributed by atoms with Crippen LogP contribution < -0.4 is 0 Å². The molecular formula is C12H18O3. The first-order chi connectivity index (χ1) is 7.37. The van der Waals surface area contributed by atoms with Gasteiger partial charge in [-0.15, -0.1) is 0 Å². The Balaban J connectivity index is 1.49. The van der Waals surface area contributed by atoms with Crippen molar-refractivity contribution in [1.82, 2.24) is 0 Å². The summed E-state index contributed by atoms with van der Waals surface area (Å²) in [5, 5.41) is 0. The first-order valence-corrected chi connectivity index (χ1v) is 6.26. The van der Waals surface area contributed by atoms with Crippen LogP contribution in [0.1, 0.15) is 32.1 Å². The van der Waals surface area contributed by atoms with E-state index in [0.29, 0.717) is 29.8 Å². The quantitative estimate of drug-likeness (QED) is 0.647. The number of epoxide rings is 1. The molecule has 0 aromatic rings. The van der Waals surface area contributed by atoms with E-state index in [2.05, 4.69) is 0 Å². The summed E-state index contributed by atoms with van der Waals surface area (Å²) < 4.78 is 17.2. The van der Waals surface area contributed by atoms with Crippen LogP contribution in [0.15, 0.2) is 0 Å². The van der Waals surface area contributed by atoms with Gasteiger partial charge in [-0.1, -0.05) is 6.42 Å². The Morgan fingerprint density at radius 1 is 1.13 bits per heavy atom. The molecule has 3 heteroatoms. The summed E-state index contributed by atoms with van der Waals surface area (Å²) in [5.74, 6) is 0. The highest BCUT2D eigenvalue weighted by Gasteiger charge is 2.61. The Morgan fingerprint density at radius 3 is 2.87 bits per heavy atom. The smallest absolute Gasteiger partial charge is 0.111 e. The van der Waals surface area contributed by atoms with Crippen molar-refractivity contribution < 1.29 is 14.2 Å². The Morgan fingerprint density at radius 2 is 2.07 bits per heavy atom. The molecule has 0 amide bonds. The zero-order valence-corrected chi connectivity index (χ0v) is 8.98. The van der Waals surface area contributed by atoms with Crippen molar-refractivity contribution in [1.29, 1.82) is 0 Å². The highest BCUT2D eigenvalue weighted by Crippen LogP contribution is 2.54. The lowest BCUT2D eigenvalue weighted by molar-refractivity contribution is -0.0647. The van der Waals surface area contributed by atoms with Gasteiger partial charge in [0.15, 0.2) is 0 Å². The van der Waals surface area contributed by atoms with E-state index in [1.165, 1.54) is 32.1 Å². The van der Waals surface area contributed by atoms with Gasteiger partial charge < -0.3 is 14.2 Å². The molecule has 3 nitrogen and oxygen atoms in total. The van der Waals surface area contributed by atoms with E-state index in [1.54, 1.807) is 0 Å². The largest absolute Gasteiger partial charge is 0.378 e. The molecule has 3 saturated heterocycles. The van der Waals surface area contributed by atoms with Crippen molar-refractivity contribution in [2.24, 2.45) is 5.41 Å². The summed E-state index contributed by atoms with van der Waals surface area (Å²) >= 11 is 0. The summed E-state index contributed by atoms with van der Waals surface area (Å²) in [7, 11) is 0. The van der Waals surface area contributed by atoms with Crippen molar-refractivity contribution >= 4 is 0 Å². The lowest BCUT2D eigenvalue weighted by Crippen LogP contribution is -2.38. The molecule has 0 aromatic carbocycles. The van der Waals surface area contributed by atoms with E-state index in [-0.39, 0.29) is 0 Å². The number of ether oxygens (including phenoxy) is 3. The van der Waals surface area contributed by atoms with Crippen molar-refractivity contribution in [2.45, 2.75) is 56.5 Å². The van der Waals surface area contributed by atoms with E-state index in [9.17, 15) is 0 Å². The van der Waals surface area contributed by atoms with Crippen molar-refractivity contribution in [3.8, 4) is 0 Å². The van der Waals surface area contributed by atoms with Gasteiger partial charge in [-0.3, -0.25) is 0 Å². The summed E-state index contributed by atoms with van der Waals surface area (Å²) in [6.07, 6.45) is 8.12. The average Bonchev–Trinajstić information content (AvgIpc) is 2.88. The molecule has 4 fully saturated rings. The molecule has 0 aromatic heterocycles. The molecule has 15 heavy (non-hydrogen) atoms. The van der Waals surface area contributed by atoms with Gasteiger partial charge in [-0.05, 0) is 25.7 Å². The number of hydrogen-bond acceptors (Lipinski definition) is 3. The third-order valence-corrected chi connectivity index (χ3v) is 4.67. The standard InChI is InChI=1S/C12H18O3/c1-2-8-6-12(4-1,7-14-8)11-10(15-11)9-3-5-13-9/h8-11H,1-7H2. The summed E-state index contributed by atoms with van der Waals surface area (Å²) in [6, 6.07) is 0. The second-order valence-corrected chi connectivity index (χ2v) is 5.61.